The minimum atomic E-state index is -4.33. The molecule has 0 saturated heterocycles. The van der Waals surface area contributed by atoms with Crippen LogP contribution >= 0.6 is 0 Å². The molecule has 0 aliphatic rings. The van der Waals surface area contributed by atoms with Gasteiger partial charge in [-0.1, -0.05) is 0 Å². The number of rotatable bonds is 6. The molecule has 3 nitrogen and oxygen atoms in total. The lowest BCUT2D eigenvalue weighted by atomic mass is 10.2. The Hall–Kier alpha value is -1.27. The van der Waals surface area contributed by atoms with E-state index in [9.17, 15) is 13.2 Å². The fourth-order valence-electron chi connectivity index (χ4n) is 1.55. The molecule has 0 atom stereocenters. The van der Waals surface area contributed by atoms with Crippen LogP contribution in [0.5, 0.6) is 0 Å². The second-order valence-corrected chi connectivity index (χ2v) is 3.75. The lowest BCUT2D eigenvalue weighted by Gasteiger charge is -2.23. The van der Waals surface area contributed by atoms with Gasteiger partial charge >= 0.3 is 6.18 Å². The van der Waals surface area contributed by atoms with Gasteiger partial charge in [0.05, 0.1) is 18.8 Å². The minimum Gasteiger partial charge on any atom is -0.395 e. The van der Waals surface area contributed by atoms with Crippen LogP contribution in [-0.2, 0) is 10.9 Å². The van der Waals surface area contributed by atoms with E-state index in [0.29, 0.717) is 25.4 Å². The summed E-state index contributed by atoms with van der Waals surface area (Å²) in [5.41, 5.74) is -0.0453. The fraction of sp³-hybridized carbons (Fsp3) is 0.500. The summed E-state index contributed by atoms with van der Waals surface area (Å²) in [4.78, 5) is 1.77. The highest BCUT2D eigenvalue weighted by Gasteiger charge is 2.30. The van der Waals surface area contributed by atoms with Crippen LogP contribution in [0.25, 0.3) is 0 Å². The Morgan fingerprint density at radius 1 is 1.17 bits per heavy atom. The lowest BCUT2D eigenvalue weighted by molar-refractivity contribution is -0.137. The summed E-state index contributed by atoms with van der Waals surface area (Å²) >= 11 is 0. The van der Waals surface area contributed by atoms with Gasteiger partial charge in [-0.15, -0.1) is 0 Å². The van der Waals surface area contributed by atoms with Crippen LogP contribution in [0.1, 0.15) is 5.56 Å². The highest BCUT2D eigenvalue weighted by molar-refractivity contribution is 5.48. The molecule has 0 fully saturated rings. The van der Waals surface area contributed by atoms with Crippen LogP contribution in [0.3, 0.4) is 0 Å². The minimum absolute atomic E-state index is 0.0647. The highest BCUT2D eigenvalue weighted by atomic mass is 19.4. The van der Waals surface area contributed by atoms with Crippen molar-refractivity contribution in [2.24, 2.45) is 0 Å². The summed E-state index contributed by atoms with van der Waals surface area (Å²) in [6.45, 7) is 1.25. The number of aliphatic hydroxyl groups excluding tert-OH is 1. The average Bonchev–Trinajstić information content (AvgIpc) is 2.33. The number of alkyl halides is 3. The molecular formula is C12H16F3NO2. The molecule has 1 rings (SSSR count). The second kappa shape index (κ2) is 6.61. The van der Waals surface area contributed by atoms with E-state index >= 15 is 0 Å². The van der Waals surface area contributed by atoms with Gasteiger partial charge in [0.2, 0.25) is 0 Å². The molecule has 1 N–H and O–H groups in total. The lowest BCUT2D eigenvalue weighted by Crippen LogP contribution is -2.30. The molecular weight excluding hydrogens is 247 g/mol. The summed E-state index contributed by atoms with van der Waals surface area (Å²) < 4.78 is 42.1. The van der Waals surface area contributed by atoms with Crippen molar-refractivity contribution in [3.63, 3.8) is 0 Å². The Morgan fingerprint density at radius 3 is 2.22 bits per heavy atom. The maximum atomic E-state index is 12.4. The van der Waals surface area contributed by atoms with Crippen molar-refractivity contribution >= 4 is 5.69 Å². The smallest absolute Gasteiger partial charge is 0.395 e. The number of benzene rings is 1. The van der Waals surface area contributed by atoms with Gasteiger partial charge in [-0.25, -0.2) is 0 Å². The molecule has 0 aromatic heterocycles. The van der Waals surface area contributed by atoms with Gasteiger partial charge in [0.1, 0.15) is 0 Å². The number of anilines is 1. The summed E-state index contributed by atoms with van der Waals surface area (Å²) in [6, 6.07) is 4.86. The number of halogens is 3. The predicted octanol–water partition coefficient (Wildman–Crippen LogP) is 2.15. The largest absolute Gasteiger partial charge is 0.416 e. The third kappa shape index (κ3) is 4.19. The molecule has 0 radical (unpaired) electrons. The molecule has 1 aromatic carbocycles. The molecule has 6 heteroatoms. The molecule has 0 bridgehead atoms. The average molecular weight is 263 g/mol. The fourth-order valence-corrected chi connectivity index (χ4v) is 1.55. The van der Waals surface area contributed by atoms with Crippen molar-refractivity contribution in [2.45, 2.75) is 6.18 Å². The zero-order valence-electron chi connectivity index (χ0n) is 10.1. The molecule has 0 saturated carbocycles. The standard InChI is InChI=1S/C12H16F3NO2/c1-18-9-7-16(6-8-17)11-4-2-10(3-5-11)12(13,14)15/h2-5,17H,6-9H2,1H3. The zero-order valence-corrected chi connectivity index (χ0v) is 10.1. The Morgan fingerprint density at radius 2 is 1.78 bits per heavy atom. The summed E-state index contributed by atoms with van der Waals surface area (Å²) in [7, 11) is 1.55. The maximum absolute atomic E-state index is 12.4. The van der Waals surface area contributed by atoms with E-state index in [1.54, 1.807) is 12.0 Å². The van der Waals surface area contributed by atoms with E-state index in [1.807, 2.05) is 0 Å². The SMILES string of the molecule is COCCN(CCO)c1ccc(C(F)(F)F)cc1. The number of hydrogen-bond donors (Lipinski definition) is 1. The Bertz CT molecular complexity index is 351. The first-order valence-electron chi connectivity index (χ1n) is 5.51. The van der Waals surface area contributed by atoms with Crippen LogP contribution in [0.2, 0.25) is 0 Å². The Labute approximate surface area is 104 Å². The van der Waals surface area contributed by atoms with E-state index in [2.05, 4.69) is 0 Å². The van der Waals surface area contributed by atoms with Crippen molar-refractivity contribution in [2.75, 3.05) is 38.3 Å². The third-order valence-corrected chi connectivity index (χ3v) is 2.50. The summed E-state index contributed by atoms with van der Waals surface area (Å²) in [6.07, 6.45) is -4.33. The van der Waals surface area contributed by atoms with Crippen molar-refractivity contribution in [1.29, 1.82) is 0 Å². The van der Waals surface area contributed by atoms with E-state index in [0.717, 1.165) is 12.1 Å². The van der Waals surface area contributed by atoms with Gasteiger partial charge in [0.15, 0.2) is 0 Å². The van der Waals surface area contributed by atoms with Crippen molar-refractivity contribution in [3.05, 3.63) is 29.8 Å². The van der Waals surface area contributed by atoms with Crippen molar-refractivity contribution < 1.29 is 23.0 Å². The molecule has 18 heavy (non-hydrogen) atoms. The van der Waals surface area contributed by atoms with Gasteiger partial charge < -0.3 is 14.7 Å². The topological polar surface area (TPSA) is 32.7 Å². The monoisotopic (exact) mass is 263 g/mol. The predicted molar refractivity (Wildman–Crippen MR) is 62.6 cm³/mol. The Kier molecular flexibility index (Phi) is 5.43. The van der Waals surface area contributed by atoms with Gasteiger partial charge in [-0.05, 0) is 24.3 Å². The number of ether oxygens (including phenoxy) is 1. The van der Waals surface area contributed by atoms with E-state index in [-0.39, 0.29) is 6.61 Å². The molecule has 0 aliphatic heterocycles. The molecule has 1 aromatic rings. The molecule has 0 aliphatic carbocycles. The normalized spacial score (nSPS) is 11.6. The van der Waals surface area contributed by atoms with Crippen LogP contribution in [0, 0.1) is 0 Å². The highest BCUT2D eigenvalue weighted by Crippen LogP contribution is 2.30. The molecule has 0 spiro atoms. The van der Waals surface area contributed by atoms with Crippen molar-refractivity contribution in [3.8, 4) is 0 Å². The molecule has 0 amide bonds. The number of nitrogens with zero attached hydrogens (tertiary/aromatic N) is 1. The maximum Gasteiger partial charge on any atom is 0.416 e. The van der Waals surface area contributed by atoms with Gasteiger partial charge in [0, 0.05) is 25.9 Å². The number of methoxy groups -OCH3 is 1. The Balaban J connectivity index is 2.79. The molecule has 102 valence electrons. The summed E-state index contributed by atoms with van der Waals surface area (Å²) in [5, 5.41) is 8.92. The second-order valence-electron chi connectivity index (χ2n) is 3.75. The van der Waals surface area contributed by atoms with Crippen LogP contribution in [0.15, 0.2) is 24.3 Å². The zero-order chi connectivity index (χ0) is 13.6. The van der Waals surface area contributed by atoms with Crippen LogP contribution < -0.4 is 4.90 Å². The summed E-state index contributed by atoms with van der Waals surface area (Å²) in [5.74, 6) is 0. The first-order chi connectivity index (χ1) is 8.49. The van der Waals surface area contributed by atoms with E-state index < -0.39 is 11.7 Å². The van der Waals surface area contributed by atoms with E-state index in [1.165, 1.54) is 12.1 Å². The molecule has 0 heterocycles. The first kappa shape index (κ1) is 14.8. The third-order valence-electron chi connectivity index (χ3n) is 2.50. The number of aliphatic hydroxyl groups is 1. The quantitative estimate of drug-likeness (QED) is 0.853. The first-order valence-corrected chi connectivity index (χ1v) is 5.51. The molecule has 0 unspecified atom stereocenters. The van der Waals surface area contributed by atoms with Crippen LogP contribution in [0.4, 0.5) is 18.9 Å². The number of hydrogen-bond acceptors (Lipinski definition) is 3. The van der Waals surface area contributed by atoms with Gasteiger partial charge in [-0.2, -0.15) is 13.2 Å². The van der Waals surface area contributed by atoms with Gasteiger partial charge in [-0.3, -0.25) is 0 Å². The van der Waals surface area contributed by atoms with Gasteiger partial charge in [0.25, 0.3) is 0 Å². The van der Waals surface area contributed by atoms with E-state index in [4.69, 9.17) is 9.84 Å². The van der Waals surface area contributed by atoms with Crippen LogP contribution in [-0.4, -0.2) is 38.5 Å². The van der Waals surface area contributed by atoms with Crippen molar-refractivity contribution in [1.82, 2.24) is 0 Å².